The zero-order chi connectivity index (χ0) is 20.2. The highest BCUT2D eigenvalue weighted by Crippen LogP contribution is 2.11. The van der Waals surface area contributed by atoms with Gasteiger partial charge in [0, 0.05) is 25.7 Å². The molecule has 0 aliphatic carbocycles. The molecule has 1 aromatic heterocycles. The van der Waals surface area contributed by atoms with Crippen LogP contribution >= 0.6 is 24.0 Å². The van der Waals surface area contributed by atoms with Crippen LogP contribution in [0.5, 0.6) is 5.75 Å². The number of guanidine groups is 1. The van der Waals surface area contributed by atoms with E-state index in [0.29, 0.717) is 24.7 Å². The summed E-state index contributed by atoms with van der Waals surface area (Å²) in [7, 11) is 1.66. The van der Waals surface area contributed by atoms with Crippen molar-refractivity contribution < 1.29 is 9.53 Å². The molecule has 0 unspecified atom stereocenters. The number of amides is 1. The minimum Gasteiger partial charge on any atom is -0.497 e. The summed E-state index contributed by atoms with van der Waals surface area (Å²) in [5.41, 5.74) is 2.27. The second-order valence-corrected chi connectivity index (χ2v) is 6.30. The van der Waals surface area contributed by atoms with Crippen molar-refractivity contribution in [2.75, 3.05) is 32.1 Å². The van der Waals surface area contributed by atoms with E-state index in [4.69, 9.17) is 4.74 Å². The molecule has 0 aliphatic rings. The number of aromatic nitrogens is 1. The summed E-state index contributed by atoms with van der Waals surface area (Å²) in [6.45, 7) is 5.87. The number of nitrogens with zero attached hydrogens (tertiary/aromatic N) is 2. The molecule has 158 valence electrons. The smallest absolute Gasteiger partial charge is 0.227 e. The normalized spacial score (nSPS) is 10.7. The van der Waals surface area contributed by atoms with Gasteiger partial charge in [-0.05, 0) is 49.6 Å². The van der Waals surface area contributed by atoms with Gasteiger partial charge in [-0.15, -0.1) is 24.0 Å². The number of carbonyl (C=O) groups is 1. The lowest BCUT2D eigenvalue weighted by molar-refractivity contribution is -0.116. The molecule has 29 heavy (non-hydrogen) atoms. The lowest BCUT2D eigenvalue weighted by Crippen LogP contribution is -2.38. The van der Waals surface area contributed by atoms with Crippen LogP contribution in [-0.2, 0) is 11.2 Å². The van der Waals surface area contributed by atoms with E-state index in [1.54, 1.807) is 19.4 Å². The van der Waals surface area contributed by atoms with Gasteiger partial charge in [0.2, 0.25) is 5.91 Å². The molecular formula is C21H30IN5O2. The molecule has 1 aromatic carbocycles. The lowest BCUT2D eigenvalue weighted by Gasteiger charge is -2.11. The van der Waals surface area contributed by atoms with E-state index in [1.807, 2.05) is 44.2 Å². The Bertz CT molecular complexity index is 764. The molecular weight excluding hydrogens is 481 g/mol. The summed E-state index contributed by atoms with van der Waals surface area (Å²) >= 11 is 0. The molecule has 0 atom stereocenters. The molecule has 0 saturated carbocycles. The molecule has 2 aromatic rings. The van der Waals surface area contributed by atoms with Crippen molar-refractivity contribution in [1.82, 2.24) is 15.6 Å². The Kier molecular flexibility index (Phi) is 11.7. The van der Waals surface area contributed by atoms with Crippen LogP contribution < -0.4 is 20.7 Å². The number of halogens is 1. The first-order valence-electron chi connectivity index (χ1n) is 9.48. The van der Waals surface area contributed by atoms with Crippen LogP contribution in [0.1, 0.15) is 24.5 Å². The Morgan fingerprint density at radius 1 is 1.14 bits per heavy atom. The lowest BCUT2D eigenvalue weighted by atomic mass is 10.1. The van der Waals surface area contributed by atoms with Crippen molar-refractivity contribution in [3.8, 4) is 5.75 Å². The monoisotopic (exact) mass is 511 g/mol. The predicted octanol–water partition coefficient (Wildman–Crippen LogP) is 3.14. The van der Waals surface area contributed by atoms with Crippen LogP contribution in [-0.4, -0.2) is 43.6 Å². The maximum Gasteiger partial charge on any atom is 0.227 e. The van der Waals surface area contributed by atoms with Crippen LogP contribution in [0.2, 0.25) is 0 Å². The largest absolute Gasteiger partial charge is 0.497 e. The topological polar surface area (TPSA) is 87.6 Å². The Morgan fingerprint density at radius 2 is 1.90 bits per heavy atom. The molecule has 3 N–H and O–H groups in total. The van der Waals surface area contributed by atoms with Crippen LogP contribution in [0.15, 0.2) is 47.6 Å². The highest BCUT2D eigenvalue weighted by Gasteiger charge is 2.04. The molecule has 0 fully saturated rings. The molecule has 2 rings (SSSR count). The number of pyridine rings is 1. The number of aliphatic imine (C=N–C) groups is 1. The predicted molar refractivity (Wildman–Crippen MR) is 128 cm³/mol. The van der Waals surface area contributed by atoms with E-state index in [1.165, 1.54) is 5.56 Å². The third-order valence-corrected chi connectivity index (χ3v) is 4.00. The second kappa shape index (κ2) is 13.8. The number of rotatable bonds is 9. The Labute approximate surface area is 189 Å². The summed E-state index contributed by atoms with van der Waals surface area (Å²) in [6.07, 6.45) is 2.89. The van der Waals surface area contributed by atoms with Gasteiger partial charge in [-0.3, -0.25) is 9.79 Å². The number of aryl methyl sites for hydroxylation is 1. The SMILES string of the molecule is CCNC(=NCCC(=O)Nc1ccc(C)cn1)NCCc1ccc(OC)cc1.I. The van der Waals surface area contributed by atoms with Crippen LogP contribution in [0.25, 0.3) is 0 Å². The standard InChI is InChI=1S/C21H29N5O2.HI/c1-4-22-21(23-13-11-17-6-8-18(28-3)9-7-17)24-14-12-20(27)26-19-10-5-16(2)15-25-19;/h5-10,15H,4,11-14H2,1-3H3,(H2,22,23,24)(H,25,26,27);1H. The van der Waals surface area contributed by atoms with Gasteiger partial charge in [0.25, 0.3) is 0 Å². The Morgan fingerprint density at radius 3 is 2.52 bits per heavy atom. The first-order chi connectivity index (χ1) is 13.6. The first-order valence-corrected chi connectivity index (χ1v) is 9.48. The molecule has 0 spiro atoms. The highest BCUT2D eigenvalue weighted by atomic mass is 127. The summed E-state index contributed by atoms with van der Waals surface area (Å²) in [6, 6.07) is 11.7. The maximum absolute atomic E-state index is 12.0. The van der Waals surface area contributed by atoms with Gasteiger partial charge < -0.3 is 20.7 Å². The fourth-order valence-electron chi connectivity index (χ4n) is 2.48. The number of methoxy groups -OCH3 is 1. The number of carbonyl (C=O) groups excluding carboxylic acids is 1. The highest BCUT2D eigenvalue weighted by molar-refractivity contribution is 14.0. The summed E-state index contributed by atoms with van der Waals surface area (Å²) in [5.74, 6) is 2.02. The van der Waals surface area contributed by atoms with E-state index >= 15 is 0 Å². The van der Waals surface area contributed by atoms with Crippen molar-refractivity contribution in [2.45, 2.75) is 26.7 Å². The molecule has 0 radical (unpaired) electrons. The number of hydrogen-bond acceptors (Lipinski definition) is 4. The average Bonchev–Trinajstić information content (AvgIpc) is 2.70. The fraction of sp³-hybridized carbons (Fsp3) is 0.381. The van der Waals surface area contributed by atoms with E-state index in [-0.39, 0.29) is 29.9 Å². The second-order valence-electron chi connectivity index (χ2n) is 6.30. The zero-order valence-corrected chi connectivity index (χ0v) is 19.5. The van der Waals surface area contributed by atoms with Crippen molar-refractivity contribution in [3.05, 3.63) is 53.7 Å². The molecule has 1 amide bonds. The average molecular weight is 511 g/mol. The van der Waals surface area contributed by atoms with Crippen molar-refractivity contribution in [1.29, 1.82) is 0 Å². The summed E-state index contributed by atoms with van der Waals surface area (Å²) in [4.78, 5) is 20.6. The summed E-state index contributed by atoms with van der Waals surface area (Å²) in [5, 5.41) is 9.26. The number of anilines is 1. The van der Waals surface area contributed by atoms with E-state index in [9.17, 15) is 4.79 Å². The molecule has 1 heterocycles. The number of benzene rings is 1. The Hall–Kier alpha value is -2.36. The first kappa shape index (κ1) is 24.7. The Balaban J connectivity index is 0.00000420. The molecule has 8 heteroatoms. The van der Waals surface area contributed by atoms with E-state index < -0.39 is 0 Å². The minimum absolute atomic E-state index is 0. The van der Waals surface area contributed by atoms with Gasteiger partial charge in [0.15, 0.2) is 5.96 Å². The van der Waals surface area contributed by atoms with Crippen molar-refractivity contribution >= 4 is 41.7 Å². The molecule has 7 nitrogen and oxygen atoms in total. The minimum atomic E-state index is -0.103. The van der Waals surface area contributed by atoms with Gasteiger partial charge in [0.05, 0.1) is 13.7 Å². The van der Waals surface area contributed by atoms with Crippen LogP contribution in [0.4, 0.5) is 5.82 Å². The quantitative estimate of drug-likeness (QED) is 0.274. The number of hydrogen-bond donors (Lipinski definition) is 3. The molecule has 0 bridgehead atoms. The summed E-state index contributed by atoms with van der Waals surface area (Å²) < 4.78 is 5.17. The zero-order valence-electron chi connectivity index (χ0n) is 17.2. The maximum atomic E-state index is 12.0. The van der Waals surface area contributed by atoms with Gasteiger partial charge in [-0.1, -0.05) is 18.2 Å². The molecule has 0 saturated heterocycles. The van der Waals surface area contributed by atoms with Crippen molar-refractivity contribution in [2.24, 2.45) is 4.99 Å². The molecule has 0 aliphatic heterocycles. The third-order valence-electron chi connectivity index (χ3n) is 4.00. The number of nitrogens with one attached hydrogen (secondary N) is 3. The van der Waals surface area contributed by atoms with Crippen molar-refractivity contribution in [3.63, 3.8) is 0 Å². The van der Waals surface area contributed by atoms with Gasteiger partial charge in [-0.2, -0.15) is 0 Å². The van der Waals surface area contributed by atoms with Gasteiger partial charge in [-0.25, -0.2) is 4.98 Å². The van der Waals surface area contributed by atoms with Gasteiger partial charge in [0.1, 0.15) is 11.6 Å². The third kappa shape index (κ3) is 9.60. The van der Waals surface area contributed by atoms with Crippen LogP contribution in [0.3, 0.4) is 0 Å². The number of ether oxygens (including phenoxy) is 1. The van der Waals surface area contributed by atoms with E-state index in [2.05, 4.69) is 25.9 Å². The van der Waals surface area contributed by atoms with E-state index in [0.717, 1.165) is 30.8 Å². The van der Waals surface area contributed by atoms with Gasteiger partial charge >= 0.3 is 0 Å². The van der Waals surface area contributed by atoms with Crippen LogP contribution in [0, 0.1) is 6.92 Å². The fourth-order valence-corrected chi connectivity index (χ4v) is 2.48.